The molecule has 2 atom stereocenters. The van der Waals surface area contributed by atoms with Crippen molar-refractivity contribution in [2.24, 2.45) is 0 Å². The molecule has 1 heterocycles. The molecule has 3 rings (SSSR count). The van der Waals surface area contributed by atoms with Crippen molar-refractivity contribution in [3.05, 3.63) is 65.7 Å². The smallest absolute Gasteiger partial charge is 0.249 e. The molecule has 2 aromatic rings. The van der Waals surface area contributed by atoms with E-state index < -0.39 is 6.04 Å². The van der Waals surface area contributed by atoms with Gasteiger partial charge in [0.1, 0.15) is 6.04 Å². The van der Waals surface area contributed by atoms with Gasteiger partial charge in [0.15, 0.2) is 0 Å². The highest BCUT2D eigenvalue weighted by atomic mass is 35.5. The van der Waals surface area contributed by atoms with Crippen molar-refractivity contribution in [1.29, 1.82) is 0 Å². The van der Waals surface area contributed by atoms with Crippen LogP contribution >= 0.6 is 12.4 Å². The van der Waals surface area contributed by atoms with Gasteiger partial charge in [-0.1, -0.05) is 48.5 Å². The first-order valence-electron chi connectivity index (χ1n) is 9.51. The predicted octanol–water partition coefficient (Wildman–Crippen LogP) is 2.72. The van der Waals surface area contributed by atoms with Gasteiger partial charge in [-0.25, -0.2) is 0 Å². The van der Waals surface area contributed by atoms with Crippen LogP contribution < -0.4 is 15.5 Å². The van der Waals surface area contributed by atoms with Gasteiger partial charge in [0.25, 0.3) is 0 Å². The first-order valence-corrected chi connectivity index (χ1v) is 9.51. The van der Waals surface area contributed by atoms with Gasteiger partial charge in [0, 0.05) is 12.2 Å². The number of nitrogens with zero attached hydrogens (tertiary/aromatic N) is 1. The largest absolute Gasteiger partial charge is 0.343 e. The normalized spacial score (nSPS) is 17.1. The molecule has 0 unspecified atom stereocenters. The average molecular weight is 402 g/mol. The van der Waals surface area contributed by atoms with Crippen molar-refractivity contribution in [3.8, 4) is 0 Å². The van der Waals surface area contributed by atoms with Gasteiger partial charge in [0.2, 0.25) is 11.8 Å². The molecule has 0 aliphatic carbocycles. The van der Waals surface area contributed by atoms with E-state index in [1.807, 2.05) is 41.3 Å². The highest BCUT2D eigenvalue weighted by molar-refractivity contribution is 6.00. The number of hydrogen-bond donors (Lipinski definition) is 2. The maximum absolute atomic E-state index is 13.3. The molecule has 1 aliphatic heterocycles. The Kier molecular flexibility index (Phi) is 8.03. The van der Waals surface area contributed by atoms with Gasteiger partial charge in [-0.3, -0.25) is 9.59 Å². The summed E-state index contributed by atoms with van der Waals surface area (Å²) in [4.78, 5) is 27.4. The number of hydrogen-bond acceptors (Lipinski definition) is 3. The van der Waals surface area contributed by atoms with Crippen molar-refractivity contribution in [1.82, 2.24) is 10.6 Å². The van der Waals surface area contributed by atoms with Crippen LogP contribution in [0.25, 0.3) is 0 Å². The summed E-state index contributed by atoms with van der Waals surface area (Å²) < 4.78 is 0. The van der Waals surface area contributed by atoms with Gasteiger partial charge in [-0.15, -0.1) is 12.4 Å². The van der Waals surface area contributed by atoms with E-state index in [1.165, 1.54) is 5.56 Å². The maximum Gasteiger partial charge on any atom is 0.249 e. The Hall–Kier alpha value is -2.37. The lowest BCUT2D eigenvalue weighted by Crippen LogP contribution is -2.52. The van der Waals surface area contributed by atoms with Crippen LogP contribution in [0.4, 0.5) is 5.69 Å². The number of fused-ring (bicyclic) bond motifs is 1. The summed E-state index contributed by atoms with van der Waals surface area (Å²) >= 11 is 0. The van der Waals surface area contributed by atoms with Gasteiger partial charge in [-0.05, 0) is 50.4 Å². The molecule has 0 radical (unpaired) electrons. The number of carbonyl (C=O) groups is 2. The molecule has 2 aromatic carbocycles. The third-order valence-electron chi connectivity index (χ3n) is 5.16. The highest BCUT2D eigenvalue weighted by Crippen LogP contribution is 2.27. The SMILES string of the molecule is CN[C@@H](C)C(=O)N[C@H]1CCc2ccccc2N(CCc2ccccc2)C1=O.Cl. The first-order chi connectivity index (χ1) is 13.1. The summed E-state index contributed by atoms with van der Waals surface area (Å²) in [5.74, 6) is -0.183. The minimum absolute atomic E-state index is 0. The van der Waals surface area contributed by atoms with Crippen LogP contribution in [0, 0.1) is 0 Å². The summed E-state index contributed by atoms with van der Waals surface area (Å²) in [6, 6.07) is 17.3. The van der Waals surface area contributed by atoms with Gasteiger partial charge < -0.3 is 15.5 Å². The summed E-state index contributed by atoms with van der Waals surface area (Å²) in [5, 5.41) is 5.85. The molecule has 150 valence electrons. The lowest BCUT2D eigenvalue weighted by Gasteiger charge is -2.27. The number of nitrogens with one attached hydrogen (secondary N) is 2. The molecule has 28 heavy (non-hydrogen) atoms. The van der Waals surface area contributed by atoms with Crippen LogP contribution in [-0.2, 0) is 22.4 Å². The number of amides is 2. The van der Waals surface area contributed by atoms with Gasteiger partial charge >= 0.3 is 0 Å². The van der Waals surface area contributed by atoms with Crippen molar-refractivity contribution in [2.75, 3.05) is 18.5 Å². The van der Waals surface area contributed by atoms with Crippen LogP contribution in [0.2, 0.25) is 0 Å². The summed E-state index contributed by atoms with van der Waals surface area (Å²) in [6.07, 6.45) is 2.15. The lowest BCUT2D eigenvalue weighted by atomic mass is 10.1. The average Bonchev–Trinajstić information content (AvgIpc) is 2.83. The standard InChI is InChI=1S/C22H27N3O2.ClH/c1-16(23-2)21(26)24-19-13-12-18-10-6-7-11-20(18)25(22(19)27)15-14-17-8-4-3-5-9-17;/h3-11,16,19,23H,12-15H2,1-2H3,(H,24,26);1H/t16-,19-;/m0./s1. The fourth-order valence-electron chi connectivity index (χ4n) is 3.39. The minimum atomic E-state index is -0.503. The fraction of sp³-hybridized carbons (Fsp3) is 0.364. The van der Waals surface area contributed by atoms with Crippen LogP contribution in [0.3, 0.4) is 0 Å². The van der Waals surface area contributed by atoms with Crippen molar-refractivity contribution >= 4 is 29.9 Å². The molecule has 6 heteroatoms. The number of benzene rings is 2. The zero-order valence-corrected chi connectivity index (χ0v) is 17.2. The number of carbonyl (C=O) groups excluding carboxylic acids is 2. The predicted molar refractivity (Wildman–Crippen MR) is 115 cm³/mol. The molecule has 0 fully saturated rings. The quantitative estimate of drug-likeness (QED) is 0.782. The fourth-order valence-corrected chi connectivity index (χ4v) is 3.39. The third-order valence-corrected chi connectivity index (χ3v) is 5.16. The van der Waals surface area contributed by atoms with Gasteiger partial charge in [0.05, 0.1) is 6.04 Å². The lowest BCUT2D eigenvalue weighted by molar-refractivity contribution is -0.128. The second kappa shape index (κ2) is 10.2. The van der Waals surface area contributed by atoms with Crippen LogP contribution in [0.1, 0.15) is 24.5 Å². The molecular weight excluding hydrogens is 374 g/mol. The van der Waals surface area contributed by atoms with Crippen LogP contribution in [0.15, 0.2) is 54.6 Å². The number of aryl methyl sites for hydroxylation is 1. The molecular formula is C22H28ClN3O2. The molecule has 0 aromatic heterocycles. The number of anilines is 1. The van der Waals surface area contributed by atoms with Crippen molar-refractivity contribution in [2.45, 2.75) is 38.3 Å². The van der Waals surface area contributed by atoms with E-state index in [9.17, 15) is 9.59 Å². The Balaban J connectivity index is 0.00000280. The monoisotopic (exact) mass is 401 g/mol. The van der Waals surface area contributed by atoms with E-state index >= 15 is 0 Å². The number of para-hydroxylation sites is 1. The Labute approximate surface area is 172 Å². The van der Waals surface area contributed by atoms with E-state index in [0.29, 0.717) is 13.0 Å². The Morgan fingerprint density at radius 1 is 1.14 bits per heavy atom. The third kappa shape index (κ3) is 5.12. The maximum atomic E-state index is 13.3. The topological polar surface area (TPSA) is 61.4 Å². The summed E-state index contributed by atoms with van der Waals surface area (Å²) in [5.41, 5.74) is 3.30. The van der Waals surface area contributed by atoms with Crippen molar-refractivity contribution in [3.63, 3.8) is 0 Å². The first kappa shape index (κ1) is 21.9. The Morgan fingerprint density at radius 2 is 1.82 bits per heavy atom. The number of rotatable bonds is 6. The molecule has 2 N–H and O–H groups in total. The molecule has 0 bridgehead atoms. The molecule has 0 saturated heterocycles. The highest BCUT2D eigenvalue weighted by Gasteiger charge is 2.31. The van der Waals surface area contributed by atoms with E-state index in [2.05, 4.69) is 28.8 Å². The van der Waals surface area contributed by atoms with Crippen LogP contribution in [-0.4, -0.2) is 37.5 Å². The Bertz CT molecular complexity index is 797. The minimum Gasteiger partial charge on any atom is -0.343 e. The van der Waals surface area contributed by atoms with Gasteiger partial charge in [-0.2, -0.15) is 0 Å². The summed E-state index contributed by atoms with van der Waals surface area (Å²) in [7, 11) is 1.74. The molecule has 0 spiro atoms. The van der Waals surface area contributed by atoms with E-state index in [4.69, 9.17) is 0 Å². The second-order valence-electron chi connectivity index (χ2n) is 6.96. The molecule has 0 saturated carbocycles. The zero-order valence-electron chi connectivity index (χ0n) is 16.4. The molecule has 1 aliphatic rings. The Morgan fingerprint density at radius 3 is 2.54 bits per heavy atom. The van der Waals surface area contributed by atoms with E-state index in [0.717, 1.165) is 24.1 Å². The summed E-state index contributed by atoms with van der Waals surface area (Å²) in [6.45, 7) is 2.38. The number of halogens is 1. The second-order valence-corrected chi connectivity index (χ2v) is 6.96. The molecule has 2 amide bonds. The van der Waals surface area contributed by atoms with Crippen LogP contribution in [0.5, 0.6) is 0 Å². The number of likely N-dealkylation sites (N-methyl/N-ethyl adjacent to an activating group) is 1. The van der Waals surface area contributed by atoms with Crippen molar-refractivity contribution < 1.29 is 9.59 Å². The zero-order chi connectivity index (χ0) is 19.2. The molecule has 5 nitrogen and oxygen atoms in total. The van der Waals surface area contributed by atoms with E-state index in [-0.39, 0.29) is 30.3 Å². The van der Waals surface area contributed by atoms with E-state index in [1.54, 1.807) is 14.0 Å².